The van der Waals surface area contributed by atoms with Gasteiger partial charge in [-0.2, -0.15) is 5.10 Å². The number of aromatic nitrogens is 2. The average molecular weight is 396 g/mol. The molecule has 0 atom stereocenters. The van der Waals surface area contributed by atoms with Crippen molar-refractivity contribution < 1.29 is 8.42 Å². The molecule has 1 aromatic carbocycles. The van der Waals surface area contributed by atoms with Gasteiger partial charge in [-0.3, -0.25) is 4.68 Å². The van der Waals surface area contributed by atoms with Crippen LogP contribution in [0.2, 0.25) is 5.02 Å². The summed E-state index contributed by atoms with van der Waals surface area (Å²) in [7, 11) is -3.61. The number of halogens is 1. The van der Waals surface area contributed by atoms with E-state index in [0.717, 1.165) is 16.3 Å². The maximum atomic E-state index is 12.5. The van der Waals surface area contributed by atoms with Crippen molar-refractivity contribution in [3.8, 4) is 10.6 Å². The number of sulfonamides is 1. The third-order valence-electron chi connectivity index (χ3n) is 3.88. The summed E-state index contributed by atoms with van der Waals surface area (Å²) < 4.78 is 29.4. The largest absolute Gasteiger partial charge is 0.268 e. The van der Waals surface area contributed by atoms with Crippen molar-refractivity contribution in [3.05, 3.63) is 58.1 Å². The van der Waals surface area contributed by atoms with E-state index in [1.54, 1.807) is 36.5 Å². The summed E-state index contributed by atoms with van der Waals surface area (Å²) in [5.41, 5.74) is 2.44. The monoisotopic (exact) mass is 395 g/mol. The van der Waals surface area contributed by atoms with Crippen molar-refractivity contribution in [3.63, 3.8) is 0 Å². The van der Waals surface area contributed by atoms with Gasteiger partial charge in [0.1, 0.15) is 5.69 Å². The van der Waals surface area contributed by atoms with Crippen LogP contribution in [0.25, 0.3) is 10.6 Å². The van der Waals surface area contributed by atoms with Crippen LogP contribution in [0, 0.1) is 13.8 Å². The zero-order chi connectivity index (χ0) is 18.0. The van der Waals surface area contributed by atoms with Crippen LogP contribution in [-0.2, 0) is 16.6 Å². The molecule has 0 radical (unpaired) electrons. The summed E-state index contributed by atoms with van der Waals surface area (Å²) >= 11 is 7.64. The van der Waals surface area contributed by atoms with E-state index < -0.39 is 10.0 Å². The molecular weight excluding hydrogens is 378 g/mol. The number of thiophene rings is 1. The van der Waals surface area contributed by atoms with E-state index in [1.807, 2.05) is 35.2 Å². The lowest BCUT2D eigenvalue weighted by Crippen LogP contribution is -2.28. The smallest absolute Gasteiger partial charge is 0.240 e. The Morgan fingerprint density at radius 2 is 2.04 bits per heavy atom. The Morgan fingerprint density at radius 3 is 2.76 bits per heavy atom. The first-order chi connectivity index (χ1) is 11.9. The quantitative estimate of drug-likeness (QED) is 0.689. The highest BCUT2D eigenvalue weighted by Gasteiger charge is 2.17. The Bertz CT molecular complexity index is 979. The van der Waals surface area contributed by atoms with Gasteiger partial charge >= 0.3 is 0 Å². The summed E-state index contributed by atoms with van der Waals surface area (Å²) in [6, 6.07) is 10.9. The molecular formula is C17H18ClN3O2S2. The number of benzene rings is 1. The molecule has 0 bridgehead atoms. The van der Waals surface area contributed by atoms with Gasteiger partial charge in [0, 0.05) is 17.3 Å². The van der Waals surface area contributed by atoms with Crippen molar-refractivity contribution >= 4 is 33.0 Å². The second-order valence-electron chi connectivity index (χ2n) is 5.63. The first-order valence-electron chi connectivity index (χ1n) is 7.71. The van der Waals surface area contributed by atoms with Gasteiger partial charge in [0.05, 0.1) is 16.3 Å². The molecule has 8 heteroatoms. The van der Waals surface area contributed by atoms with E-state index in [1.165, 1.54) is 0 Å². The van der Waals surface area contributed by atoms with Crippen LogP contribution in [0.4, 0.5) is 0 Å². The van der Waals surface area contributed by atoms with Crippen molar-refractivity contribution in [2.24, 2.45) is 0 Å². The van der Waals surface area contributed by atoms with Crippen molar-refractivity contribution in [1.82, 2.24) is 14.5 Å². The molecule has 0 aliphatic carbocycles. The summed E-state index contributed by atoms with van der Waals surface area (Å²) in [6.45, 7) is 4.36. The average Bonchev–Trinajstić information content (AvgIpc) is 3.20. The minimum Gasteiger partial charge on any atom is -0.268 e. The molecule has 0 fully saturated rings. The van der Waals surface area contributed by atoms with E-state index in [4.69, 9.17) is 11.6 Å². The fraction of sp³-hybridized carbons (Fsp3) is 0.235. The van der Waals surface area contributed by atoms with Crippen LogP contribution in [0.15, 0.2) is 46.7 Å². The predicted molar refractivity (Wildman–Crippen MR) is 102 cm³/mol. The molecule has 0 spiro atoms. The SMILES string of the molecule is Cc1c(Cl)cccc1S(=O)(=O)NCCn1nc(-c2cccs2)cc1C. The Labute approximate surface area is 156 Å². The minimum atomic E-state index is -3.61. The van der Waals surface area contributed by atoms with E-state index in [0.29, 0.717) is 17.1 Å². The third-order valence-corrected chi connectivity index (χ3v) is 6.79. The van der Waals surface area contributed by atoms with Crippen LogP contribution in [0.1, 0.15) is 11.3 Å². The van der Waals surface area contributed by atoms with Crippen molar-refractivity contribution in [2.75, 3.05) is 6.54 Å². The molecule has 0 aliphatic rings. The van der Waals surface area contributed by atoms with Crippen molar-refractivity contribution in [1.29, 1.82) is 0 Å². The molecule has 5 nitrogen and oxygen atoms in total. The Kier molecular flexibility index (Phi) is 5.29. The molecule has 2 heterocycles. The van der Waals surface area contributed by atoms with Gasteiger partial charge in [-0.25, -0.2) is 13.1 Å². The number of nitrogens with one attached hydrogen (secondary N) is 1. The fourth-order valence-corrected chi connectivity index (χ4v) is 4.72. The molecule has 3 aromatic rings. The van der Waals surface area contributed by atoms with E-state index >= 15 is 0 Å². The van der Waals surface area contributed by atoms with Crippen LogP contribution >= 0.6 is 22.9 Å². The van der Waals surface area contributed by atoms with Gasteiger partial charge in [-0.1, -0.05) is 23.7 Å². The predicted octanol–water partition coefficient (Wildman–Crippen LogP) is 3.86. The van der Waals surface area contributed by atoms with Gasteiger partial charge < -0.3 is 0 Å². The first kappa shape index (κ1) is 18.1. The summed E-state index contributed by atoms with van der Waals surface area (Å²) in [6.07, 6.45) is 0. The molecule has 2 aromatic heterocycles. The van der Waals surface area contributed by atoms with E-state index in [-0.39, 0.29) is 11.4 Å². The zero-order valence-corrected chi connectivity index (χ0v) is 16.2. The lowest BCUT2D eigenvalue weighted by Gasteiger charge is -2.11. The van der Waals surface area contributed by atoms with Gasteiger partial charge in [-0.15, -0.1) is 11.3 Å². The third kappa shape index (κ3) is 3.95. The number of hydrogen-bond donors (Lipinski definition) is 1. The Morgan fingerprint density at radius 1 is 1.24 bits per heavy atom. The highest BCUT2D eigenvalue weighted by molar-refractivity contribution is 7.89. The fourth-order valence-electron chi connectivity index (χ4n) is 2.52. The van der Waals surface area contributed by atoms with Gasteiger partial charge in [-0.05, 0) is 49.1 Å². The van der Waals surface area contributed by atoms with E-state index in [2.05, 4.69) is 9.82 Å². The molecule has 3 rings (SSSR count). The summed E-state index contributed by atoms with van der Waals surface area (Å²) in [4.78, 5) is 1.30. The lowest BCUT2D eigenvalue weighted by molar-refractivity contribution is 0.556. The van der Waals surface area contributed by atoms with Crippen LogP contribution in [0.3, 0.4) is 0 Å². The first-order valence-corrected chi connectivity index (χ1v) is 10.5. The number of rotatable bonds is 6. The maximum Gasteiger partial charge on any atom is 0.240 e. The van der Waals surface area contributed by atoms with Crippen LogP contribution in [-0.4, -0.2) is 24.7 Å². The lowest BCUT2D eigenvalue weighted by atomic mass is 10.2. The molecule has 1 N–H and O–H groups in total. The van der Waals surface area contributed by atoms with Crippen LogP contribution < -0.4 is 4.72 Å². The Balaban J connectivity index is 1.70. The summed E-state index contributed by atoms with van der Waals surface area (Å²) in [5, 5.41) is 6.99. The standard InChI is InChI=1S/C17H18ClN3O2S2/c1-12-11-15(16-6-4-10-24-16)20-21(12)9-8-19-25(22,23)17-7-3-5-14(18)13(17)2/h3-7,10-11,19H,8-9H2,1-2H3. The molecule has 132 valence electrons. The number of hydrogen-bond acceptors (Lipinski definition) is 4. The summed E-state index contributed by atoms with van der Waals surface area (Å²) in [5.74, 6) is 0. The molecule has 25 heavy (non-hydrogen) atoms. The van der Waals surface area contributed by atoms with Gasteiger partial charge in [0.2, 0.25) is 10.0 Å². The molecule has 0 unspecified atom stereocenters. The zero-order valence-electron chi connectivity index (χ0n) is 13.9. The topological polar surface area (TPSA) is 64.0 Å². The highest BCUT2D eigenvalue weighted by atomic mass is 35.5. The molecule has 0 aliphatic heterocycles. The van der Waals surface area contributed by atoms with Crippen LogP contribution in [0.5, 0.6) is 0 Å². The number of aryl methyl sites for hydroxylation is 1. The molecule has 0 saturated heterocycles. The number of nitrogens with zero attached hydrogens (tertiary/aromatic N) is 2. The highest BCUT2D eigenvalue weighted by Crippen LogP contribution is 2.24. The second kappa shape index (κ2) is 7.29. The second-order valence-corrected chi connectivity index (χ2v) is 8.72. The van der Waals surface area contributed by atoms with E-state index in [9.17, 15) is 8.42 Å². The molecule has 0 amide bonds. The minimum absolute atomic E-state index is 0.205. The van der Waals surface area contributed by atoms with Gasteiger partial charge in [0.15, 0.2) is 0 Å². The Hall–Kier alpha value is -1.67. The maximum absolute atomic E-state index is 12.5. The normalized spacial score (nSPS) is 11.8. The molecule has 0 saturated carbocycles. The van der Waals surface area contributed by atoms with Crippen molar-refractivity contribution in [2.45, 2.75) is 25.3 Å². The van der Waals surface area contributed by atoms with Gasteiger partial charge in [0.25, 0.3) is 0 Å².